The first-order chi connectivity index (χ1) is 15.5. The predicted molar refractivity (Wildman–Crippen MR) is 121 cm³/mol. The van der Waals surface area contributed by atoms with Gasteiger partial charge < -0.3 is 19.5 Å². The maximum atomic E-state index is 11.1. The smallest absolute Gasteiger partial charge is 0.217 e. The zero-order chi connectivity index (χ0) is 22.3. The molecule has 1 atom stereocenters. The molecule has 0 saturated heterocycles. The third kappa shape index (κ3) is 6.44. The molecule has 1 N–H and O–H groups in total. The topological polar surface area (TPSA) is 82.6 Å². The van der Waals surface area contributed by atoms with Crippen molar-refractivity contribution in [1.29, 1.82) is 0 Å². The third-order valence-electron chi connectivity index (χ3n) is 4.91. The highest BCUT2D eigenvalue weighted by Gasteiger charge is 2.21. The van der Waals surface area contributed by atoms with Crippen molar-refractivity contribution >= 4 is 5.91 Å². The van der Waals surface area contributed by atoms with E-state index in [0.29, 0.717) is 24.1 Å². The highest BCUT2D eigenvalue weighted by Crippen LogP contribution is 2.31. The van der Waals surface area contributed by atoms with E-state index in [1.165, 1.54) is 19.8 Å². The second kappa shape index (κ2) is 10.1. The molecular formula is C25H27N3O4. The number of benzene rings is 2. The summed E-state index contributed by atoms with van der Waals surface area (Å²) in [4.78, 5) is 19.8. The van der Waals surface area contributed by atoms with Crippen molar-refractivity contribution in [1.82, 2.24) is 15.3 Å². The Bertz CT molecular complexity index is 1030. The molecule has 7 heteroatoms. The molecule has 3 aromatic rings. The number of amides is 1. The lowest BCUT2D eigenvalue weighted by molar-refractivity contribution is -0.119. The van der Waals surface area contributed by atoms with Crippen LogP contribution in [0.2, 0.25) is 0 Å². The van der Waals surface area contributed by atoms with Crippen LogP contribution in [-0.2, 0) is 4.79 Å². The summed E-state index contributed by atoms with van der Waals surface area (Å²) in [5, 5.41) is 2.77. The van der Waals surface area contributed by atoms with E-state index in [-0.39, 0.29) is 11.9 Å². The van der Waals surface area contributed by atoms with E-state index in [9.17, 15) is 4.79 Å². The van der Waals surface area contributed by atoms with Crippen molar-refractivity contribution in [2.24, 2.45) is 5.92 Å². The van der Waals surface area contributed by atoms with Crippen LogP contribution in [0.3, 0.4) is 0 Å². The van der Waals surface area contributed by atoms with Gasteiger partial charge in [0.05, 0.1) is 25.0 Å². The van der Waals surface area contributed by atoms with E-state index in [1.807, 2.05) is 55.5 Å². The van der Waals surface area contributed by atoms with E-state index in [2.05, 4.69) is 15.3 Å². The highest BCUT2D eigenvalue weighted by atomic mass is 16.5. The lowest BCUT2D eigenvalue weighted by Crippen LogP contribution is -2.35. The molecule has 1 heterocycles. The Balaban J connectivity index is 1.32. The van der Waals surface area contributed by atoms with Gasteiger partial charge in [0.25, 0.3) is 0 Å². The Morgan fingerprint density at radius 2 is 1.72 bits per heavy atom. The van der Waals surface area contributed by atoms with Crippen LogP contribution in [0.5, 0.6) is 23.0 Å². The van der Waals surface area contributed by atoms with Gasteiger partial charge in [0, 0.05) is 18.6 Å². The van der Waals surface area contributed by atoms with Crippen LogP contribution in [0, 0.1) is 5.92 Å². The summed E-state index contributed by atoms with van der Waals surface area (Å²) in [6.07, 6.45) is 5.78. The Morgan fingerprint density at radius 3 is 2.41 bits per heavy atom. The van der Waals surface area contributed by atoms with Crippen molar-refractivity contribution in [3.05, 3.63) is 60.9 Å². The molecule has 1 saturated carbocycles. The van der Waals surface area contributed by atoms with Crippen molar-refractivity contribution in [2.75, 3.05) is 13.2 Å². The first-order valence-corrected chi connectivity index (χ1v) is 10.8. The van der Waals surface area contributed by atoms with Gasteiger partial charge in [-0.05, 0) is 62.1 Å². The van der Waals surface area contributed by atoms with Gasteiger partial charge in [-0.1, -0.05) is 6.07 Å². The van der Waals surface area contributed by atoms with E-state index in [1.54, 1.807) is 12.4 Å². The molecule has 0 radical (unpaired) electrons. The summed E-state index contributed by atoms with van der Waals surface area (Å²) < 4.78 is 17.4. The normalized spacial score (nSPS) is 13.8. The summed E-state index contributed by atoms with van der Waals surface area (Å²) in [5.74, 6) is 4.05. The minimum atomic E-state index is -0.0924. The summed E-state index contributed by atoms with van der Waals surface area (Å²) in [7, 11) is 0. The molecule has 1 aliphatic rings. The van der Waals surface area contributed by atoms with Crippen LogP contribution in [0.25, 0.3) is 11.4 Å². The number of nitrogens with zero attached hydrogens (tertiary/aromatic N) is 2. The van der Waals surface area contributed by atoms with Crippen LogP contribution in [-0.4, -0.2) is 35.1 Å². The highest BCUT2D eigenvalue weighted by molar-refractivity contribution is 5.73. The van der Waals surface area contributed by atoms with E-state index < -0.39 is 0 Å². The second-order valence-electron chi connectivity index (χ2n) is 8.01. The number of ether oxygens (including phenoxy) is 3. The standard InChI is InChI=1S/C25H27N3O4/c1-17(28-18(2)29)15-30-24-13-26-25(27-14-24)20-8-10-21(11-9-20)32-23-5-3-4-22(12-23)31-16-19-6-7-19/h3-5,8-14,17,19H,6-7,15-16H2,1-2H3,(H,28,29). The van der Waals surface area contributed by atoms with Crippen LogP contribution >= 0.6 is 0 Å². The third-order valence-corrected chi connectivity index (χ3v) is 4.91. The predicted octanol–water partition coefficient (Wildman–Crippen LogP) is 4.63. The molecule has 2 aromatic carbocycles. The Labute approximate surface area is 187 Å². The second-order valence-corrected chi connectivity index (χ2v) is 8.01. The van der Waals surface area contributed by atoms with E-state index >= 15 is 0 Å². The summed E-state index contributed by atoms with van der Waals surface area (Å²) in [6, 6.07) is 15.2. The monoisotopic (exact) mass is 433 g/mol. The van der Waals surface area contributed by atoms with E-state index in [4.69, 9.17) is 14.2 Å². The van der Waals surface area contributed by atoms with Crippen LogP contribution in [0.4, 0.5) is 0 Å². The number of aromatic nitrogens is 2. The van der Waals surface area contributed by atoms with Crippen LogP contribution < -0.4 is 19.5 Å². The molecule has 7 nitrogen and oxygen atoms in total. The molecule has 0 bridgehead atoms. The molecule has 1 amide bonds. The number of hydrogen-bond acceptors (Lipinski definition) is 6. The van der Waals surface area contributed by atoms with Gasteiger partial charge in [-0.2, -0.15) is 0 Å². The molecule has 1 aromatic heterocycles. The Morgan fingerprint density at radius 1 is 1.00 bits per heavy atom. The number of carbonyl (C=O) groups excluding carboxylic acids is 1. The molecular weight excluding hydrogens is 406 g/mol. The molecule has 4 rings (SSSR count). The van der Waals surface area contributed by atoms with Gasteiger partial charge in [0.2, 0.25) is 5.91 Å². The molecule has 1 fully saturated rings. The number of rotatable bonds is 10. The number of nitrogens with one attached hydrogen (secondary N) is 1. The van der Waals surface area contributed by atoms with Crippen molar-refractivity contribution in [3.63, 3.8) is 0 Å². The van der Waals surface area contributed by atoms with Gasteiger partial charge in [0.1, 0.15) is 23.9 Å². The maximum absolute atomic E-state index is 11.1. The summed E-state index contributed by atoms with van der Waals surface area (Å²) >= 11 is 0. The number of hydrogen-bond donors (Lipinski definition) is 1. The van der Waals surface area contributed by atoms with Gasteiger partial charge in [-0.3, -0.25) is 4.79 Å². The van der Waals surface area contributed by atoms with Crippen molar-refractivity contribution < 1.29 is 19.0 Å². The fraction of sp³-hybridized carbons (Fsp3) is 0.320. The molecule has 1 aliphatic carbocycles. The van der Waals surface area contributed by atoms with Crippen molar-refractivity contribution in [3.8, 4) is 34.4 Å². The van der Waals surface area contributed by atoms with Gasteiger partial charge in [-0.15, -0.1) is 0 Å². The largest absolute Gasteiger partial charge is 0.493 e. The molecule has 0 aliphatic heterocycles. The molecule has 0 spiro atoms. The SMILES string of the molecule is CC(=O)NC(C)COc1cnc(-c2ccc(Oc3cccc(OCC4CC4)c3)cc2)nc1. The van der Waals surface area contributed by atoms with Gasteiger partial charge in [-0.25, -0.2) is 9.97 Å². The lowest BCUT2D eigenvalue weighted by Gasteiger charge is -2.13. The summed E-state index contributed by atoms with van der Waals surface area (Å²) in [5.41, 5.74) is 0.872. The van der Waals surface area contributed by atoms with Crippen LogP contribution in [0.1, 0.15) is 26.7 Å². The van der Waals surface area contributed by atoms with Gasteiger partial charge >= 0.3 is 0 Å². The minimum Gasteiger partial charge on any atom is -0.493 e. The molecule has 166 valence electrons. The minimum absolute atomic E-state index is 0.0882. The first-order valence-electron chi connectivity index (χ1n) is 10.8. The zero-order valence-corrected chi connectivity index (χ0v) is 18.3. The fourth-order valence-corrected chi connectivity index (χ4v) is 3.08. The number of carbonyl (C=O) groups is 1. The maximum Gasteiger partial charge on any atom is 0.217 e. The summed E-state index contributed by atoms with van der Waals surface area (Å²) in [6.45, 7) is 4.47. The average Bonchev–Trinajstić information content (AvgIpc) is 3.62. The van der Waals surface area contributed by atoms with E-state index in [0.717, 1.165) is 29.4 Å². The average molecular weight is 434 g/mol. The van der Waals surface area contributed by atoms with Crippen LogP contribution in [0.15, 0.2) is 60.9 Å². The Kier molecular flexibility index (Phi) is 6.84. The Hall–Kier alpha value is -3.61. The fourth-order valence-electron chi connectivity index (χ4n) is 3.08. The zero-order valence-electron chi connectivity index (χ0n) is 18.3. The van der Waals surface area contributed by atoms with Gasteiger partial charge in [0.15, 0.2) is 11.6 Å². The lowest BCUT2D eigenvalue weighted by atomic mass is 10.2. The quantitative estimate of drug-likeness (QED) is 0.502. The first kappa shape index (κ1) is 21.6. The molecule has 32 heavy (non-hydrogen) atoms. The molecule has 1 unspecified atom stereocenters. The van der Waals surface area contributed by atoms with Crippen molar-refractivity contribution in [2.45, 2.75) is 32.7 Å².